The zero-order valence-corrected chi connectivity index (χ0v) is 16.8. The maximum Gasteiger partial charge on any atom is 0.258 e. The number of nitrogens with one attached hydrogen (secondary N) is 1. The molecule has 0 spiro atoms. The number of hydrogen-bond acceptors (Lipinski definition) is 6. The van der Waals surface area contributed by atoms with Crippen molar-refractivity contribution in [2.24, 2.45) is 5.41 Å². The molecule has 1 N–H and O–H groups in total. The third-order valence-electron chi connectivity index (χ3n) is 4.97. The van der Waals surface area contributed by atoms with Gasteiger partial charge in [-0.3, -0.25) is 9.78 Å². The average molecular weight is 407 g/mol. The normalized spacial score (nSPS) is 17.1. The first-order valence-electron chi connectivity index (χ1n) is 9.69. The highest BCUT2D eigenvalue weighted by Crippen LogP contribution is 2.40. The predicted octanol–water partition coefficient (Wildman–Crippen LogP) is 3.28. The molecule has 4 rings (SSSR count). The van der Waals surface area contributed by atoms with Gasteiger partial charge in [0.25, 0.3) is 5.91 Å². The third-order valence-corrected chi connectivity index (χ3v) is 4.97. The molecule has 0 unspecified atom stereocenters. The van der Waals surface area contributed by atoms with Crippen molar-refractivity contribution in [2.75, 3.05) is 6.61 Å². The van der Waals surface area contributed by atoms with E-state index in [1.54, 1.807) is 30.9 Å². The summed E-state index contributed by atoms with van der Waals surface area (Å²) in [6.45, 7) is 4.08. The van der Waals surface area contributed by atoms with E-state index in [-0.39, 0.29) is 24.0 Å². The molecule has 0 radical (unpaired) electrons. The number of amides is 1. The van der Waals surface area contributed by atoms with Crippen molar-refractivity contribution in [3.05, 3.63) is 66.1 Å². The van der Waals surface area contributed by atoms with Crippen molar-refractivity contribution in [1.82, 2.24) is 25.3 Å². The smallest absolute Gasteiger partial charge is 0.258 e. The topological polar surface area (TPSA) is 89.9 Å². The summed E-state index contributed by atoms with van der Waals surface area (Å²) in [6, 6.07) is 5.48. The number of carbonyl (C=O) groups is 1. The van der Waals surface area contributed by atoms with E-state index in [1.807, 2.05) is 0 Å². The average Bonchev–Trinajstić information content (AvgIpc) is 2.72. The number of fused-ring (bicyclic) bond motifs is 1. The van der Waals surface area contributed by atoms with E-state index in [0.717, 1.165) is 24.1 Å². The number of ether oxygens (including phenoxy) is 1. The molecule has 1 amide bonds. The minimum atomic E-state index is -0.410. The Morgan fingerprint density at radius 2 is 2.13 bits per heavy atom. The van der Waals surface area contributed by atoms with Crippen LogP contribution in [0.1, 0.15) is 37.6 Å². The molecule has 3 aromatic rings. The van der Waals surface area contributed by atoms with Crippen molar-refractivity contribution < 1.29 is 13.9 Å². The molecule has 7 nitrogen and oxygen atoms in total. The molecular weight excluding hydrogens is 385 g/mol. The highest BCUT2D eigenvalue weighted by molar-refractivity contribution is 5.78. The van der Waals surface area contributed by atoms with Gasteiger partial charge >= 0.3 is 0 Å². The summed E-state index contributed by atoms with van der Waals surface area (Å²) in [4.78, 5) is 30.0. The van der Waals surface area contributed by atoms with Crippen molar-refractivity contribution in [1.29, 1.82) is 0 Å². The minimum Gasteiger partial charge on any atom is -0.484 e. The maximum absolute atomic E-state index is 13.3. The molecule has 2 heterocycles. The Bertz CT molecular complexity index is 1060. The summed E-state index contributed by atoms with van der Waals surface area (Å²) in [6.07, 6.45) is 8.09. The standard InChI is InChI=1S/C22H22FN5O2/c1-22(2)9-17(27-20(29)13-30-15-5-3-4-14(23)8-15)16-11-26-21(28-18(16)10-22)19-12-24-6-7-25-19/h3-8,11-12,17H,9-10,13H2,1-2H3,(H,27,29)/t17-/m0/s1. The first-order valence-corrected chi connectivity index (χ1v) is 9.69. The Morgan fingerprint density at radius 3 is 2.90 bits per heavy atom. The van der Waals surface area contributed by atoms with Crippen LogP contribution >= 0.6 is 0 Å². The second-order valence-corrected chi connectivity index (χ2v) is 8.10. The number of nitrogens with zero attached hydrogens (tertiary/aromatic N) is 4. The van der Waals surface area contributed by atoms with E-state index in [9.17, 15) is 9.18 Å². The first kappa shape index (κ1) is 19.9. The van der Waals surface area contributed by atoms with Gasteiger partial charge in [-0.05, 0) is 30.4 Å². The highest BCUT2D eigenvalue weighted by atomic mass is 19.1. The second-order valence-electron chi connectivity index (χ2n) is 8.10. The summed E-state index contributed by atoms with van der Waals surface area (Å²) >= 11 is 0. The molecule has 0 saturated carbocycles. The van der Waals surface area contributed by atoms with E-state index in [0.29, 0.717) is 17.3 Å². The van der Waals surface area contributed by atoms with Gasteiger partial charge < -0.3 is 10.1 Å². The van der Waals surface area contributed by atoms with E-state index in [1.165, 1.54) is 18.2 Å². The van der Waals surface area contributed by atoms with E-state index >= 15 is 0 Å². The van der Waals surface area contributed by atoms with Crippen LogP contribution in [0, 0.1) is 11.2 Å². The van der Waals surface area contributed by atoms with Crippen LogP contribution in [0.15, 0.2) is 49.1 Å². The Kier molecular flexibility index (Phi) is 5.39. The largest absolute Gasteiger partial charge is 0.484 e. The fourth-order valence-electron chi connectivity index (χ4n) is 3.66. The zero-order valence-electron chi connectivity index (χ0n) is 16.8. The molecule has 0 fully saturated rings. The molecule has 0 aliphatic heterocycles. The van der Waals surface area contributed by atoms with Crippen molar-refractivity contribution in [3.8, 4) is 17.3 Å². The van der Waals surface area contributed by atoms with Gasteiger partial charge in [0.15, 0.2) is 12.4 Å². The molecule has 2 aromatic heterocycles. The predicted molar refractivity (Wildman–Crippen MR) is 108 cm³/mol. The van der Waals surface area contributed by atoms with E-state index in [4.69, 9.17) is 9.72 Å². The molecule has 154 valence electrons. The van der Waals surface area contributed by atoms with Gasteiger partial charge in [-0.15, -0.1) is 0 Å². The lowest BCUT2D eigenvalue weighted by Gasteiger charge is -2.36. The van der Waals surface area contributed by atoms with Crippen molar-refractivity contribution in [2.45, 2.75) is 32.7 Å². The first-order chi connectivity index (χ1) is 14.4. The lowest BCUT2D eigenvalue weighted by atomic mass is 9.74. The fourth-order valence-corrected chi connectivity index (χ4v) is 3.66. The number of halogens is 1. The van der Waals surface area contributed by atoms with Gasteiger partial charge in [0, 0.05) is 30.2 Å². The van der Waals surface area contributed by atoms with Gasteiger partial charge in [0.2, 0.25) is 0 Å². The van der Waals surface area contributed by atoms with Gasteiger partial charge in [0.1, 0.15) is 17.3 Å². The maximum atomic E-state index is 13.3. The minimum absolute atomic E-state index is 0.0532. The zero-order chi connectivity index (χ0) is 21.1. The Hall–Kier alpha value is -3.42. The molecule has 0 saturated heterocycles. The molecule has 8 heteroatoms. The number of hydrogen-bond donors (Lipinski definition) is 1. The van der Waals surface area contributed by atoms with Gasteiger partial charge in [-0.2, -0.15) is 0 Å². The molecule has 1 aliphatic rings. The number of benzene rings is 1. The van der Waals surface area contributed by atoms with Gasteiger partial charge in [0.05, 0.1) is 17.9 Å². The van der Waals surface area contributed by atoms with Crippen LogP contribution in [-0.2, 0) is 11.2 Å². The second kappa shape index (κ2) is 8.14. The lowest BCUT2D eigenvalue weighted by molar-refractivity contribution is -0.124. The van der Waals surface area contributed by atoms with Crippen molar-refractivity contribution >= 4 is 5.91 Å². The number of carbonyl (C=O) groups excluding carboxylic acids is 1. The van der Waals surface area contributed by atoms with Crippen LogP contribution < -0.4 is 10.1 Å². The van der Waals surface area contributed by atoms with Crippen LogP contribution in [0.25, 0.3) is 11.5 Å². The Morgan fingerprint density at radius 1 is 1.27 bits per heavy atom. The molecule has 1 aliphatic carbocycles. The molecule has 30 heavy (non-hydrogen) atoms. The summed E-state index contributed by atoms with van der Waals surface area (Å²) in [5.41, 5.74) is 2.33. The van der Waals surface area contributed by atoms with Crippen LogP contribution in [-0.4, -0.2) is 32.4 Å². The van der Waals surface area contributed by atoms with Crippen LogP contribution in [0.5, 0.6) is 5.75 Å². The molecule has 1 atom stereocenters. The fraction of sp³-hybridized carbons (Fsp3) is 0.318. The SMILES string of the molecule is CC1(C)Cc2nc(-c3cnccn3)ncc2[C@@H](NC(=O)COc2cccc(F)c2)C1. The number of aromatic nitrogens is 4. The summed E-state index contributed by atoms with van der Waals surface area (Å²) in [5, 5.41) is 3.01. The molecular formula is C22H22FN5O2. The highest BCUT2D eigenvalue weighted by Gasteiger charge is 2.34. The van der Waals surface area contributed by atoms with Crippen LogP contribution in [0.4, 0.5) is 4.39 Å². The van der Waals surface area contributed by atoms with E-state index in [2.05, 4.69) is 34.1 Å². The lowest BCUT2D eigenvalue weighted by Crippen LogP contribution is -2.39. The van der Waals surface area contributed by atoms with Gasteiger partial charge in [-0.1, -0.05) is 19.9 Å². The number of rotatable bonds is 5. The third kappa shape index (κ3) is 4.59. The van der Waals surface area contributed by atoms with E-state index < -0.39 is 5.82 Å². The van der Waals surface area contributed by atoms with Gasteiger partial charge in [-0.25, -0.2) is 19.3 Å². The molecule has 0 bridgehead atoms. The quantitative estimate of drug-likeness (QED) is 0.698. The molecule has 1 aromatic carbocycles. The van der Waals surface area contributed by atoms with Crippen molar-refractivity contribution in [3.63, 3.8) is 0 Å². The Labute approximate surface area is 173 Å². The summed E-state index contributed by atoms with van der Waals surface area (Å²) in [7, 11) is 0. The monoisotopic (exact) mass is 407 g/mol. The summed E-state index contributed by atoms with van der Waals surface area (Å²) < 4.78 is 18.7. The van der Waals surface area contributed by atoms with Crippen LogP contribution in [0.2, 0.25) is 0 Å². The summed E-state index contributed by atoms with van der Waals surface area (Å²) in [5.74, 6) is 0.128. The Balaban J connectivity index is 1.50. The van der Waals surface area contributed by atoms with Crippen LogP contribution in [0.3, 0.4) is 0 Å².